The van der Waals surface area contributed by atoms with E-state index in [9.17, 15) is 0 Å². The molecule has 2 heterocycles. The molecule has 0 saturated heterocycles. The molecule has 0 radical (unpaired) electrons. The minimum absolute atomic E-state index is 0.245. The zero-order valence-electron chi connectivity index (χ0n) is 9.28. The van der Waals surface area contributed by atoms with Crippen molar-refractivity contribution >= 4 is 43.2 Å². The quantitative estimate of drug-likeness (QED) is 0.890. The van der Waals surface area contributed by atoms with Crippen molar-refractivity contribution < 1.29 is 4.74 Å². The third-order valence-electron chi connectivity index (χ3n) is 2.43. The van der Waals surface area contributed by atoms with Crippen molar-refractivity contribution in [3.05, 3.63) is 31.1 Å². The molecule has 0 aromatic carbocycles. The standard InChI is InChI=1S/C10H11Br2N3OS/c1-15-9(6(16-2)4-14-15)8(13)7-3-5(11)10(12)17-7/h3-4,8H,13H2,1-2H3. The van der Waals surface area contributed by atoms with Gasteiger partial charge in [0.1, 0.15) is 5.69 Å². The Morgan fingerprint density at radius 1 is 1.53 bits per heavy atom. The van der Waals surface area contributed by atoms with Gasteiger partial charge < -0.3 is 10.5 Å². The maximum Gasteiger partial charge on any atom is 0.161 e. The summed E-state index contributed by atoms with van der Waals surface area (Å²) in [5.74, 6) is 0.709. The Bertz CT molecular complexity index is 518. The third-order valence-corrected chi connectivity index (χ3v) is 5.77. The molecule has 4 nitrogen and oxygen atoms in total. The van der Waals surface area contributed by atoms with Gasteiger partial charge in [-0.3, -0.25) is 4.68 Å². The van der Waals surface area contributed by atoms with Gasteiger partial charge in [-0.15, -0.1) is 11.3 Å². The van der Waals surface area contributed by atoms with Gasteiger partial charge in [0.2, 0.25) is 0 Å². The van der Waals surface area contributed by atoms with E-state index in [1.165, 1.54) is 0 Å². The summed E-state index contributed by atoms with van der Waals surface area (Å²) in [7, 11) is 3.48. The van der Waals surface area contributed by atoms with Gasteiger partial charge in [-0.2, -0.15) is 5.10 Å². The lowest BCUT2D eigenvalue weighted by Gasteiger charge is -2.12. The third kappa shape index (κ3) is 2.42. The highest BCUT2D eigenvalue weighted by atomic mass is 79.9. The van der Waals surface area contributed by atoms with Crippen LogP contribution >= 0.6 is 43.2 Å². The van der Waals surface area contributed by atoms with Crippen LogP contribution in [0.15, 0.2) is 20.5 Å². The van der Waals surface area contributed by atoms with Crippen molar-refractivity contribution in [3.8, 4) is 5.75 Å². The van der Waals surface area contributed by atoms with Crippen LogP contribution in [0.25, 0.3) is 0 Å². The molecule has 2 aromatic heterocycles. The average Bonchev–Trinajstić information content (AvgIpc) is 2.82. The molecule has 2 aromatic rings. The molecule has 0 aliphatic rings. The second-order valence-corrected chi connectivity index (χ2v) is 6.73. The number of nitrogens with two attached hydrogens (primary N) is 1. The predicted octanol–water partition coefficient (Wildman–Crippen LogP) is 3.06. The molecule has 1 unspecified atom stereocenters. The molecule has 0 aliphatic carbocycles. The van der Waals surface area contributed by atoms with Gasteiger partial charge in [-0.05, 0) is 37.9 Å². The van der Waals surface area contributed by atoms with Crippen molar-refractivity contribution in [3.63, 3.8) is 0 Å². The van der Waals surface area contributed by atoms with E-state index in [1.54, 1.807) is 29.3 Å². The Kier molecular flexibility index (Phi) is 3.92. The number of methoxy groups -OCH3 is 1. The normalized spacial score (nSPS) is 12.8. The van der Waals surface area contributed by atoms with Crippen molar-refractivity contribution in [2.45, 2.75) is 6.04 Å². The topological polar surface area (TPSA) is 53.1 Å². The molecule has 1 atom stereocenters. The van der Waals surface area contributed by atoms with Crippen LogP contribution in [-0.4, -0.2) is 16.9 Å². The first-order chi connectivity index (χ1) is 8.04. The van der Waals surface area contributed by atoms with Crippen LogP contribution in [0.4, 0.5) is 0 Å². The van der Waals surface area contributed by atoms with Crippen LogP contribution in [0.2, 0.25) is 0 Å². The van der Waals surface area contributed by atoms with Crippen LogP contribution < -0.4 is 10.5 Å². The maximum absolute atomic E-state index is 6.25. The molecule has 2 N–H and O–H groups in total. The van der Waals surface area contributed by atoms with Gasteiger partial charge in [-0.1, -0.05) is 0 Å². The number of aryl methyl sites for hydroxylation is 1. The number of thiophene rings is 1. The fourth-order valence-corrected chi connectivity index (χ4v) is 3.68. The first kappa shape index (κ1) is 13.1. The summed E-state index contributed by atoms with van der Waals surface area (Å²) in [5, 5.41) is 4.16. The zero-order valence-corrected chi connectivity index (χ0v) is 13.3. The Hall–Kier alpha value is -0.370. The Morgan fingerprint density at radius 2 is 2.24 bits per heavy atom. The van der Waals surface area contributed by atoms with E-state index in [-0.39, 0.29) is 6.04 Å². The molecule has 7 heteroatoms. The largest absolute Gasteiger partial charge is 0.493 e. The lowest BCUT2D eigenvalue weighted by Crippen LogP contribution is -2.15. The van der Waals surface area contributed by atoms with E-state index >= 15 is 0 Å². The highest BCUT2D eigenvalue weighted by Crippen LogP contribution is 2.38. The number of rotatable bonds is 3. The molecule has 0 aliphatic heterocycles. The van der Waals surface area contributed by atoms with Gasteiger partial charge in [0.15, 0.2) is 5.75 Å². The van der Waals surface area contributed by atoms with Gasteiger partial charge in [0, 0.05) is 16.4 Å². The summed E-state index contributed by atoms with van der Waals surface area (Å²) in [5.41, 5.74) is 7.12. The molecular weight excluding hydrogens is 370 g/mol. The fourth-order valence-electron chi connectivity index (χ4n) is 1.59. The number of aromatic nitrogens is 2. The second-order valence-electron chi connectivity index (χ2n) is 3.47. The Labute approximate surface area is 120 Å². The lowest BCUT2D eigenvalue weighted by molar-refractivity contribution is 0.406. The molecular formula is C10H11Br2N3OS. The smallest absolute Gasteiger partial charge is 0.161 e. The van der Waals surface area contributed by atoms with Crippen LogP contribution in [0.3, 0.4) is 0 Å². The van der Waals surface area contributed by atoms with Crippen molar-refractivity contribution in [1.29, 1.82) is 0 Å². The van der Waals surface area contributed by atoms with Crippen LogP contribution in [0.1, 0.15) is 16.6 Å². The molecule has 0 fully saturated rings. The summed E-state index contributed by atoms with van der Waals surface area (Å²) in [6.07, 6.45) is 1.67. The summed E-state index contributed by atoms with van der Waals surface area (Å²) in [6, 6.07) is 1.76. The molecule has 2 rings (SSSR count). The van der Waals surface area contributed by atoms with E-state index in [1.807, 2.05) is 13.1 Å². The summed E-state index contributed by atoms with van der Waals surface area (Å²) in [4.78, 5) is 1.05. The molecule has 92 valence electrons. The number of nitrogens with zero attached hydrogens (tertiary/aromatic N) is 2. The van der Waals surface area contributed by atoms with Crippen molar-refractivity contribution in [2.24, 2.45) is 12.8 Å². The van der Waals surface area contributed by atoms with Crippen molar-refractivity contribution in [1.82, 2.24) is 9.78 Å². The zero-order chi connectivity index (χ0) is 12.6. The van der Waals surface area contributed by atoms with Crippen molar-refractivity contribution in [2.75, 3.05) is 7.11 Å². The minimum Gasteiger partial charge on any atom is -0.493 e. The first-order valence-corrected chi connectivity index (χ1v) is 7.21. The van der Waals surface area contributed by atoms with Crippen LogP contribution in [0, 0.1) is 0 Å². The van der Waals surface area contributed by atoms with E-state index in [0.717, 1.165) is 18.8 Å². The average molecular weight is 381 g/mol. The van der Waals surface area contributed by atoms with Gasteiger partial charge in [0.05, 0.1) is 23.1 Å². The van der Waals surface area contributed by atoms with E-state index in [0.29, 0.717) is 5.75 Å². The van der Waals surface area contributed by atoms with E-state index < -0.39 is 0 Å². The molecule has 0 bridgehead atoms. The predicted molar refractivity (Wildman–Crippen MR) is 75.5 cm³/mol. The lowest BCUT2D eigenvalue weighted by atomic mass is 10.2. The maximum atomic E-state index is 6.25. The Balaban J connectivity index is 2.42. The molecule has 0 saturated carbocycles. The monoisotopic (exact) mass is 379 g/mol. The fraction of sp³-hybridized carbons (Fsp3) is 0.300. The van der Waals surface area contributed by atoms with E-state index in [4.69, 9.17) is 10.5 Å². The van der Waals surface area contributed by atoms with Gasteiger partial charge in [-0.25, -0.2) is 0 Å². The highest BCUT2D eigenvalue weighted by Gasteiger charge is 2.21. The van der Waals surface area contributed by atoms with Gasteiger partial charge in [0.25, 0.3) is 0 Å². The van der Waals surface area contributed by atoms with E-state index in [2.05, 4.69) is 37.0 Å². The second kappa shape index (κ2) is 5.09. The number of hydrogen-bond donors (Lipinski definition) is 1. The highest BCUT2D eigenvalue weighted by molar-refractivity contribution is 9.13. The molecule has 0 spiro atoms. The van der Waals surface area contributed by atoms with Crippen LogP contribution in [-0.2, 0) is 7.05 Å². The summed E-state index contributed by atoms with van der Waals surface area (Å²) in [6.45, 7) is 0. The number of hydrogen-bond acceptors (Lipinski definition) is 4. The summed E-state index contributed by atoms with van der Waals surface area (Å²) >= 11 is 8.52. The van der Waals surface area contributed by atoms with Gasteiger partial charge >= 0.3 is 0 Å². The molecule has 17 heavy (non-hydrogen) atoms. The Morgan fingerprint density at radius 3 is 2.76 bits per heavy atom. The number of ether oxygens (including phenoxy) is 1. The van der Waals surface area contributed by atoms with Crippen LogP contribution in [0.5, 0.6) is 5.75 Å². The first-order valence-electron chi connectivity index (χ1n) is 4.80. The number of halogens is 2. The SMILES string of the molecule is COc1cnn(C)c1C(N)c1cc(Br)c(Br)s1. The minimum atomic E-state index is -0.245. The summed E-state index contributed by atoms with van der Waals surface area (Å²) < 4.78 is 9.04. The molecule has 0 amide bonds.